The molecule has 1 aliphatic heterocycles. The van der Waals surface area contributed by atoms with Crippen LogP contribution in [0.25, 0.3) is 11.4 Å². The van der Waals surface area contributed by atoms with Gasteiger partial charge in [0.2, 0.25) is 0 Å². The number of benzene rings is 2. The van der Waals surface area contributed by atoms with Gasteiger partial charge in [-0.05, 0) is 37.1 Å². The van der Waals surface area contributed by atoms with Gasteiger partial charge in [-0.25, -0.2) is 0 Å². The van der Waals surface area contributed by atoms with E-state index in [1.807, 2.05) is 24.3 Å². The lowest BCUT2D eigenvalue weighted by Gasteiger charge is -2.13. The van der Waals surface area contributed by atoms with E-state index in [0.717, 1.165) is 43.0 Å². The minimum Gasteiger partial charge on any atom is -0.493 e. The van der Waals surface area contributed by atoms with Gasteiger partial charge in [-0.3, -0.25) is 4.79 Å². The minimum absolute atomic E-state index is 0.266. The lowest BCUT2D eigenvalue weighted by atomic mass is 10.1. The fourth-order valence-corrected chi connectivity index (χ4v) is 3.70. The summed E-state index contributed by atoms with van der Waals surface area (Å²) in [6, 6.07) is 12.9. The quantitative estimate of drug-likeness (QED) is 0.712. The summed E-state index contributed by atoms with van der Waals surface area (Å²) >= 11 is 0. The van der Waals surface area contributed by atoms with E-state index in [2.05, 4.69) is 20.1 Å². The zero-order valence-corrected chi connectivity index (χ0v) is 16.6. The Morgan fingerprint density at radius 1 is 1.03 bits per heavy atom. The maximum absolute atomic E-state index is 12.9. The van der Waals surface area contributed by atoms with Gasteiger partial charge in [0.25, 0.3) is 5.91 Å². The van der Waals surface area contributed by atoms with E-state index in [0.29, 0.717) is 22.7 Å². The van der Waals surface area contributed by atoms with Crippen molar-refractivity contribution in [2.75, 3.05) is 19.5 Å². The van der Waals surface area contributed by atoms with Crippen LogP contribution in [-0.2, 0) is 13.0 Å². The van der Waals surface area contributed by atoms with Crippen LogP contribution in [-0.4, -0.2) is 34.9 Å². The Labute approximate surface area is 169 Å². The summed E-state index contributed by atoms with van der Waals surface area (Å²) in [5, 5.41) is 11.7. The van der Waals surface area contributed by atoms with E-state index < -0.39 is 0 Å². The van der Waals surface area contributed by atoms with Crippen LogP contribution in [0.5, 0.6) is 11.5 Å². The van der Waals surface area contributed by atoms with Gasteiger partial charge in [0.15, 0.2) is 17.3 Å². The van der Waals surface area contributed by atoms with Crippen molar-refractivity contribution in [2.24, 2.45) is 0 Å². The van der Waals surface area contributed by atoms with Gasteiger partial charge in [-0.1, -0.05) is 24.6 Å². The van der Waals surface area contributed by atoms with Crippen LogP contribution in [0.2, 0.25) is 0 Å². The summed E-state index contributed by atoms with van der Waals surface area (Å²) in [6.07, 6.45) is 4.45. The lowest BCUT2D eigenvalue weighted by molar-refractivity contribution is 0.102. The number of rotatable bonds is 5. The van der Waals surface area contributed by atoms with Crippen LogP contribution in [0.15, 0.2) is 42.5 Å². The first-order valence-corrected chi connectivity index (χ1v) is 9.76. The van der Waals surface area contributed by atoms with Crippen molar-refractivity contribution in [1.82, 2.24) is 14.8 Å². The van der Waals surface area contributed by atoms with E-state index in [9.17, 15) is 4.79 Å². The molecule has 7 heteroatoms. The summed E-state index contributed by atoms with van der Waals surface area (Å²) in [5.41, 5.74) is 2.03. The standard InChI is InChI=1S/C22H24N4O3/c1-28-18-11-7-10-17(20(18)29-2)22(27)23-16-9-6-8-15(14-16)21-25-24-19-12-4-3-5-13-26(19)21/h6-11,14H,3-5,12-13H2,1-2H3,(H,23,27). The summed E-state index contributed by atoms with van der Waals surface area (Å²) in [4.78, 5) is 12.9. The van der Waals surface area contributed by atoms with Crippen molar-refractivity contribution in [3.63, 3.8) is 0 Å². The van der Waals surface area contributed by atoms with E-state index in [1.54, 1.807) is 25.3 Å². The maximum atomic E-state index is 12.9. The second-order valence-electron chi connectivity index (χ2n) is 6.98. The highest BCUT2D eigenvalue weighted by Crippen LogP contribution is 2.31. The molecular weight excluding hydrogens is 368 g/mol. The first-order chi connectivity index (χ1) is 14.2. The molecule has 1 N–H and O–H groups in total. The molecule has 0 aliphatic carbocycles. The monoisotopic (exact) mass is 392 g/mol. The summed E-state index contributed by atoms with van der Waals surface area (Å²) in [5.74, 6) is 2.54. The van der Waals surface area contributed by atoms with Crippen molar-refractivity contribution in [3.05, 3.63) is 53.9 Å². The zero-order valence-electron chi connectivity index (χ0n) is 16.6. The first-order valence-electron chi connectivity index (χ1n) is 9.76. The fraction of sp³-hybridized carbons (Fsp3) is 0.318. The highest BCUT2D eigenvalue weighted by molar-refractivity contribution is 6.07. The molecule has 1 amide bonds. The number of para-hydroxylation sites is 1. The molecule has 2 heterocycles. The highest BCUT2D eigenvalue weighted by Gasteiger charge is 2.18. The van der Waals surface area contributed by atoms with Gasteiger partial charge in [0, 0.05) is 24.2 Å². The Hall–Kier alpha value is -3.35. The van der Waals surface area contributed by atoms with Gasteiger partial charge in [-0.2, -0.15) is 0 Å². The number of amides is 1. The molecule has 1 aliphatic rings. The molecule has 29 heavy (non-hydrogen) atoms. The lowest BCUT2D eigenvalue weighted by Crippen LogP contribution is -2.13. The number of methoxy groups -OCH3 is 2. The number of anilines is 1. The number of fused-ring (bicyclic) bond motifs is 1. The number of aryl methyl sites for hydroxylation is 1. The smallest absolute Gasteiger partial charge is 0.259 e. The molecule has 0 fully saturated rings. The topological polar surface area (TPSA) is 78.3 Å². The average Bonchev–Trinajstić information content (AvgIpc) is 3.01. The van der Waals surface area contributed by atoms with Crippen LogP contribution in [0.4, 0.5) is 5.69 Å². The van der Waals surface area contributed by atoms with Crippen molar-refractivity contribution < 1.29 is 14.3 Å². The number of hydrogen-bond donors (Lipinski definition) is 1. The van der Waals surface area contributed by atoms with Gasteiger partial charge in [0.1, 0.15) is 5.82 Å². The molecule has 150 valence electrons. The maximum Gasteiger partial charge on any atom is 0.259 e. The molecule has 7 nitrogen and oxygen atoms in total. The second kappa shape index (κ2) is 8.34. The Morgan fingerprint density at radius 3 is 2.72 bits per heavy atom. The molecule has 2 aromatic carbocycles. The molecule has 0 saturated carbocycles. The minimum atomic E-state index is -0.266. The van der Waals surface area contributed by atoms with Gasteiger partial charge >= 0.3 is 0 Å². The molecule has 0 unspecified atom stereocenters. The number of carbonyl (C=O) groups is 1. The van der Waals surface area contributed by atoms with Crippen molar-refractivity contribution in [1.29, 1.82) is 0 Å². The number of nitrogens with zero attached hydrogens (tertiary/aromatic N) is 3. The highest BCUT2D eigenvalue weighted by atomic mass is 16.5. The molecule has 0 radical (unpaired) electrons. The predicted molar refractivity (Wildman–Crippen MR) is 111 cm³/mol. The van der Waals surface area contributed by atoms with Crippen molar-refractivity contribution in [2.45, 2.75) is 32.2 Å². The molecule has 3 aromatic rings. The van der Waals surface area contributed by atoms with Gasteiger partial charge < -0.3 is 19.4 Å². The van der Waals surface area contributed by atoms with Crippen LogP contribution in [0.3, 0.4) is 0 Å². The Kier molecular flexibility index (Phi) is 5.46. The molecule has 4 rings (SSSR count). The Bertz CT molecular complexity index is 1030. The van der Waals surface area contributed by atoms with Crippen LogP contribution in [0, 0.1) is 0 Å². The second-order valence-corrected chi connectivity index (χ2v) is 6.98. The summed E-state index contributed by atoms with van der Waals surface area (Å²) in [7, 11) is 3.07. The number of carbonyl (C=O) groups excluding carboxylic acids is 1. The molecular formula is C22H24N4O3. The number of hydrogen-bond acceptors (Lipinski definition) is 5. The number of ether oxygens (including phenoxy) is 2. The molecule has 0 bridgehead atoms. The van der Waals surface area contributed by atoms with Crippen molar-refractivity contribution >= 4 is 11.6 Å². The normalized spacial score (nSPS) is 13.3. The summed E-state index contributed by atoms with van der Waals surface area (Å²) in [6.45, 7) is 0.926. The van der Waals surface area contributed by atoms with E-state index in [1.165, 1.54) is 13.5 Å². The third-order valence-electron chi connectivity index (χ3n) is 5.14. The van der Waals surface area contributed by atoms with Crippen LogP contribution >= 0.6 is 0 Å². The van der Waals surface area contributed by atoms with E-state index in [-0.39, 0.29) is 5.91 Å². The summed E-state index contributed by atoms with van der Waals surface area (Å²) < 4.78 is 12.9. The van der Waals surface area contributed by atoms with E-state index in [4.69, 9.17) is 9.47 Å². The molecule has 0 spiro atoms. The van der Waals surface area contributed by atoms with Crippen LogP contribution < -0.4 is 14.8 Å². The zero-order chi connectivity index (χ0) is 20.2. The SMILES string of the molecule is COc1cccc(C(=O)Nc2cccc(-c3nnc4n3CCCCC4)c2)c1OC. The Morgan fingerprint density at radius 2 is 1.90 bits per heavy atom. The largest absolute Gasteiger partial charge is 0.493 e. The molecule has 0 atom stereocenters. The molecule has 0 saturated heterocycles. The average molecular weight is 392 g/mol. The fourth-order valence-electron chi connectivity index (χ4n) is 3.70. The predicted octanol–water partition coefficient (Wildman–Crippen LogP) is 3.94. The molecule has 1 aromatic heterocycles. The number of nitrogens with one attached hydrogen (secondary N) is 1. The number of aromatic nitrogens is 3. The van der Waals surface area contributed by atoms with Crippen LogP contribution in [0.1, 0.15) is 35.4 Å². The van der Waals surface area contributed by atoms with Gasteiger partial charge in [-0.15, -0.1) is 10.2 Å². The third-order valence-corrected chi connectivity index (χ3v) is 5.14. The third kappa shape index (κ3) is 3.81. The van der Waals surface area contributed by atoms with Crippen molar-refractivity contribution in [3.8, 4) is 22.9 Å². The Balaban J connectivity index is 1.61. The van der Waals surface area contributed by atoms with E-state index >= 15 is 0 Å². The van der Waals surface area contributed by atoms with Gasteiger partial charge in [0.05, 0.1) is 19.8 Å². The first kappa shape index (κ1) is 19.0.